The highest BCUT2D eigenvalue weighted by molar-refractivity contribution is 8.00. The lowest BCUT2D eigenvalue weighted by atomic mass is 10.1. The van der Waals surface area contributed by atoms with Crippen molar-refractivity contribution in [3.8, 4) is 0 Å². The number of carbonyl (C=O) groups is 2. The minimum absolute atomic E-state index is 0.139. The number of thiophene rings is 1. The van der Waals surface area contributed by atoms with Crippen molar-refractivity contribution in [2.75, 3.05) is 18.2 Å². The molecule has 1 N–H and O–H groups in total. The fraction of sp³-hybridized carbons (Fsp3) is 0.250. The van der Waals surface area contributed by atoms with E-state index in [9.17, 15) is 9.59 Å². The standard InChI is InChI=1S/C16H17NO3S2/c1-10-11(2)22-15(14(10)16(19)20-3)17-13(18)9-21-12-7-5-4-6-8-12/h4-8H,9H2,1-3H3,(H,17,18). The molecule has 0 fully saturated rings. The van der Waals surface area contributed by atoms with Crippen molar-refractivity contribution in [1.29, 1.82) is 0 Å². The molecule has 0 atom stereocenters. The maximum atomic E-state index is 12.1. The minimum atomic E-state index is -0.423. The molecule has 0 saturated heterocycles. The van der Waals surface area contributed by atoms with Crippen LogP contribution in [0, 0.1) is 13.8 Å². The van der Waals surface area contributed by atoms with E-state index in [1.54, 1.807) is 0 Å². The van der Waals surface area contributed by atoms with Crippen molar-refractivity contribution in [3.05, 3.63) is 46.3 Å². The predicted octanol–water partition coefficient (Wildman–Crippen LogP) is 3.88. The number of benzene rings is 1. The van der Waals surface area contributed by atoms with E-state index in [-0.39, 0.29) is 5.91 Å². The smallest absolute Gasteiger partial charge is 0.341 e. The molecule has 0 unspecified atom stereocenters. The summed E-state index contributed by atoms with van der Waals surface area (Å²) in [5.41, 5.74) is 1.30. The second-order valence-electron chi connectivity index (χ2n) is 4.63. The van der Waals surface area contributed by atoms with Crippen LogP contribution in [0.2, 0.25) is 0 Å². The molecule has 1 amide bonds. The second-order valence-corrected chi connectivity index (χ2v) is 6.90. The number of aryl methyl sites for hydroxylation is 1. The van der Waals surface area contributed by atoms with Crippen LogP contribution in [0.3, 0.4) is 0 Å². The summed E-state index contributed by atoms with van der Waals surface area (Å²) in [6.07, 6.45) is 0. The molecular formula is C16H17NO3S2. The van der Waals surface area contributed by atoms with E-state index in [0.717, 1.165) is 15.3 Å². The fourth-order valence-corrected chi connectivity index (χ4v) is 3.68. The third kappa shape index (κ3) is 3.90. The largest absolute Gasteiger partial charge is 0.465 e. The first-order valence-electron chi connectivity index (χ1n) is 6.69. The summed E-state index contributed by atoms with van der Waals surface area (Å²) in [5, 5.41) is 3.37. The van der Waals surface area contributed by atoms with Crippen LogP contribution in [0.4, 0.5) is 5.00 Å². The van der Waals surface area contributed by atoms with Crippen LogP contribution in [0.5, 0.6) is 0 Å². The molecule has 1 aromatic heterocycles. The van der Waals surface area contributed by atoms with Crippen molar-refractivity contribution >= 4 is 40.0 Å². The molecule has 116 valence electrons. The third-order valence-electron chi connectivity index (χ3n) is 3.14. The number of thioether (sulfide) groups is 1. The van der Waals surface area contributed by atoms with Gasteiger partial charge in [0.2, 0.25) is 5.91 Å². The Kier molecular flexibility index (Phi) is 5.63. The summed E-state index contributed by atoms with van der Waals surface area (Å²) in [6, 6.07) is 9.71. The Morgan fingerprint density at radius 3 is 2.55 bits per heavy atom. The monoisotopic (exact) mass is 335 g/mol. The number of nitrogens with one attached hydrogen (secondary N) is 1. The van der Waals surface area contributed by atoms with E-state index < -0.39 is 5.97 Å². The van der Waals surface area contributed by atoms with Crippen LogP contribution in [0.1, 0.15) is 20.8 Å². The molecule has 0 spiro atoms. The maximum Gasteiger partial charge on any atom is 0.341 e. The van der Waals surface area contributed by atoms with E-state index in [4.69, 9.17) is 4.74 Å². The molecule has 0 saturated carbocycles. The second kappa shape index (κ2) is 7.47. The van der Waals surface area contributed by atoms with Crippen LogP contribution in [-0.2, 0) is 9.53 Å². The van der Waals surface area contributed by atoms with Crippen molar-refractivity contribution < 1.29 is 14.3 Å². The Bertz CT molecular complexity index is 680. The average Bonchev–Trinajstić information content (AvgIpc) is 2.80. The predicted molar refractivity (Wildman–Crippen MR) is 90.9 cm³/mol. The number of carbonyl (C=O) groups excluding carboxylic acids is 2. The van der Waals surface area contributed by atoms with Gasteiger partial charge in [-0.25, -0.2) is 4.79 Å². The Morgan fingerprint density at radius 1 is 1.23 bits per heavy atom. The van der Waals surface area contributed by atoms with Gasteiger partial charge in [-0.3, -0.25) is 4.79 Å². The minimum Gasteiger partial charge on any atom is -0.465 e. The summed E-state index contributed by atoms with van der Waals surface area (Å²) >= 11 is 2.85. The zero-order chi connectivity index (χ0) is 16.1. The Hall–Kier alpha value is -1.79. The number of anilines is 1. The number of ether oxygens (including phenoxy) is 1. The van der Waals surface area contributed by atoms with Crippen molar-refractivity contribution in [2.24, 2.45) is 0 Å². The van der Waals surface area contributed by atoms with Crippen molar-refractivity contribution in [1.82, 2.24) is 0 Å². The molecule has 0 aliphatic heterocycles. The molecule has 4 nitrogen and oxygen atoms in total. The molecular weight excluding hydrogens is 318 g/mol. The van der Waals surface area contributed by atoms with Crippen LogP contribution in [-0.4, -0.2) is 24.7 Å². The van der Waals surface area contributed by atoms with Crippen LogP contribution < -0.4 is 5.32 Å². The Morgan fingerprint density at radius 2 is 1.91 bits per heavy atom. The van der Waals surface area contributed by atoms with Gasteiger partial charge in [0.15, 0.2) is 0 Å². The quantitative estimate of drug-likeness (QED) is 0.665. The van der Waals surface area contributed by atoms with Crippen LogP contribution in [0.25, 0.3) is 0 Å². The van der Waals surface area contributed by atoms with Gasteiger partial charge in [-0.2, -0.15) is 0 Å². The van der Waals surface area contributed by atoms with Crippen molar-refractivity contribution in [3.63, 3.8) is 0 Å². The number of hydrogen-bond acceptors (Lipinski definition) is 5. The van der Waals surface area contributed by atoms with E-state index in [1.165, 1.54) is 30.2 Å². The van der Waals surface area contributed by atoms with Crippen LogP contribution in [0.15, 0.2) is 35.2 Å². The molecule has 1 aromatic carbocycles. The zero-order valence-electron chi connectivity index (χ0n) is 12.6. The summed E-state index contributed by atoms with van der Waals surface area (Å²) in [6.45, 7) is 3.77. The van der Waals surface area contributed by atoms with Gasteiger partial charge < -0.3 is 10.1 Å². The topological polar surface area (TPSA) is 55.4 Å². The molecule has 6 heteroatoms. The summed E-state index contributed by atoms with van der Waals surface area (Å²) in [5.74, 6) is -0.270. The number of esters is 1. The molecule has 2 aromatic rings. The summed E-state index contributed by atoms with van der Waals surface area (Å²) in [7, 11) is 1.34. The van der Waals surface area contributed by atoms with Gasteiger partial charge in [-0.1, -0.05) is 18.2 Å². The van der Waals surface area contributed by atoms with Gasteiger partial charge in [-0.05, 0) is 31.5 Å². The zero-order valence-corrected chi connectivity index (χ0v) is 14.3. The fourth-order valence-electron chi connectivity index (χ4n) is 1.89. The molecule has 22 heavy (non-hydrogen) atoms. The van der Waals surface area contributed by atoms with Gasteiger partial charge in [-0.15, -0.1) is 23.1 Å². The first kappa shape index (κ1) is 16.6. The van der Waals surface area contributed by atoms with E-state index >= 15 is 0 Å². The average molecular weight is 335 g/mol. The molecule has 0 aliphatic rings. The molecule has 0 radical (unpaired) electrons. The lowest BCUT2D eigenvalue weighted by Crippen LogP contribution is -2.16. The Balaban J connectivity index is 2.05. The van der Waals surface area contributed by atoms with Crippen LogP contribution >= 0.6 is 23.1 Å². The van der Waals surface area contributed by atoms with E-state index in [2.05, 4.69) is 5.32 Å². The van der Waals surface area contributed by atoms with Gasteiger partial charge in [0.25, 0.3) is 0 Å². The lowest BCUT2D eigenvalue weighted by molar-refractivity contribution is -0.113. The third-order valence-corrected chi connectivity index (χ3v) is 5.28. The normalized spacial score (nSPS) is 10.3. The molecule has 0 bridgehead atoms. The lowest BCUT2D eigenvalue weighted by Gasteiger charge is -2.06. The molecule has 0 aliphatic carbocycles. The highest BCUT2D eigenvalue weighted by atomic mass is 32.2. The number of hydrogen-bond donors (Lipinski definition) is 1. The first-order valence-corrected chi connectivity index (χ1v) is 8.49. The number of amides is 1. The molecule has 1 heterocycles. The van der Waals surface area contributed by atoms with E-state index in [0.29, 0.717) is 16.3 Å². The Labute approximate surface area is 137 Å². The number of methoxy groups -OCH3 is 1. The first-order chi connectivity index (χ1) is 10.5. The highest BCUT2D eigenvalue weighted by Gasteiger charge is 2.21. The number of rotatable bonds is 5. The van der Waals surface area contributed by atoms with Gasteiger partial charge in [0.1, 0.15) is 5.00 Å². The SMILES string of the molecule is COC(=O)c1c(NC(=O)CSc2ccccc2)sc(C)c1C. The summed E-state index contributed by atoms with van der Waals surface area (Å²) in [4.78, 5) is 26.0. The maximum absolute atomic E-state index is 12.1. The van der Waals surface area contributed by atoms with Gasteiger partial charge in [0, 0.05) is 9.77 Å². The molecule has 2 rings (SSSR count). The van der Waals surface area contributed by atoms with Crippen molar-refractivity contribution in [2.45, 2.75) is 18.7 Å². The highest BCUT2D eigenvalue weighted by Crippen LogP contribution is 2.33. The van der Waals surface area contributed by atoms with Gasteiger partial charge >= 0.3 is 5.97 Å². The van der Waals surface area contributed by atoms with Gasteiger partial charge in [0.05, 0.1) is 18.4 Å². The van der Waals surface area contributed by atoms with E-state index in [1.807, 2.05) is 44.2 Å². The summed E-state index contributed by atoms with van der Waals surface area (Å²) < 4.78 is 4.79.